The van der Waals surface area contributed by atoms with Gasteiger partial charge in [-0.15, -0.1) is 0 Å². The van der Waals surface area contributed by atoms with Gasteiger partial charge < -0.3 is 10.1 Å². The molecule has 0 unspecified atom stereocenters. The van der Waals surface area contributed by atoms with Gasteiger partial charge >= 0.3 is 5.97 Å². The standard InChI is InChI=1S/C18H19N5O5/c1-11-16(17(26)23(22(11)2)12-6-4-3-5-7-12)19-15(25)10-28-18(27)13-8-9-14(24)21-20-13/h3-7H,8-10H2,1-2H3,(H,19,25)(H,21,24). The van der Waals surface area contributed by atoms with Crippen LogP contribution in [0.15, 0.2) is 40.2 Å². The van der Waals surface area contributed by atoms with E-state index in [2.05, 4.69) is 15.8 Å². The highest BCUT2D eigenvalue weighted by Gasteiger charge is 2.22. The SMILES string of the molecule is Cc1c(NC(=O)COC(=O)C2=NNC(=O)CC2)c(=O)n(-c2ccccc2)n1C. The van der Waals surface area contributed by atoms with Crippen molar-refractivity contribution in [2.45, 2.75) is 19.8 Å². The van der Waals surface area contributed by atoms with E-state index in [4.69, 9.17) is 4.74 Å². The van der Waals surface area contributed by atoms with E-state index in [9.17, 15) is 19.2 Å². The molecule has 0 fully saturated rings. The second-order valence-corrected chi connectivity index (χ2v) is 6.15. The van der Waals surface area contributed by atoms with Crippen molar-refractivity contribution in [2.24, 2.45) is 12.1 Å². The summed E-state index contributed by atoms with van der Waals surface area (Å²) in [6.07, 6.45) is 0.272. The summed E-state index contributed by atoms with van der Waals surface area (Å²) in [5.41, 5.74) is 3.13. The van der Waals surface area contributed by atoms with E-state index >= 15 is 0 Å². The van der Waals surface area contributed by atoms with E-state index < -0.39 is 24.0 Å². The monoisotopic (exact) mass is 385 g/mol. The number of anilines is 1. The lowest BCUT2D eigenvalue weighted by atomic mass is 10.2. The summed E-state index contributed by atoms with van der Waals surface area (Å²) in [6, 6.07) is 9.00. The number of aromatic nitrogens is 2. The molecule has 0 saturated carbocycles. The number of nitrogens with one attached hydrogen (secondary N) is 2. The predicted molar refractivity (Wildman–Crippen MR) is 100 cm³/mol. The fraction of sp³-hybridized carbons (Fsp3) is 0.278. The van der Waals surface area contributed by atoms with E-state index in [1.807, 2.05) is 6.07 Å². The number of hydrazone groups is 1. The number of hydrogen-bond acceptors (Lipinski definition) is 6. The molecule has 1 aliphatic heterocycles. The molecule has 146 valence electrons. The summed E-state index contributed by atoms with van der Waals surface area (Å²) < 4.78 is 7.95. The molecule has 2 heterocycles. The van der Waals surface area contributed by atoms with Gasteiger partial charge in [0.2, 0.25) is 5.91 Å². The van der Waals surface area contributed by atoms with Crippen molar-refractivity contribution in [1.29, 1.82) is 0 Å². The highest BCUT2D eigenvalue weighted by Crippen LogP contribution is 2.13. The van der Waals surface area contributed by atoms with Crippen LogP contribution in [0.3, 0.4) is 0 Å². The van der Waals surface area contributed by atoms with E-state index in [1.54, 1.807) is 42.9 Å². The Morgan fingerprint density at radius 1 is 1.21 bits per heavy atom. The molecule has 0 radical (unpaired) electrons. The van der Waals surface area contributed by atoms with Crippen molar-refractivity contribution in [3.63, 3.8) is 0 Å². The average molecular weight is 385 g/mol. The van der Waals surface area contributed by atoms with Gasteiger partial charge in [0.15, 0.2) is 6.61 Å². The lowest BCUT2D eigenvalue weighted by Crippen LogP contribution is -2.32. The Labute approximate surface area is 159 Å². The second kappa shape index (κ2) is 7.91. The van der Waals surface area contributed by atoms with Gasteiger partial charge in [-0.05, 0) is 19.1 Å². The van der Waals surface area contributed by atoms with E-state index in [0.717, 1.165) is 0 Å². The third-order valence-corrected chi connectivity index (χ3v) is 4.29. The van der Waals surface area contributed by atoms with Gasteiger partial charge in [-0.25, -0.2) is 14.9 Å². The summed E-state index contributed by atoms with van der Waals surface area (Å²) in [4.78, 5) is 47.8. The molecule has 0 saturated heterocycles. The Balaban J connectivity index is 1.69. The summed E-state index contributed by atoms with van der Waals surface area (Å²) in [7, 11) is 1.70. The Morgan fingerprint density at radius 2 is 1.93 bits per heavy atom. The van der Waals surface area contributed by atoms with Gasteiger partial charge in [-0.3, -0.25) is 19.1 Å². The fourth-order valence-electron chi connectivity index (χ4n) is 2.72. The first-order valence-corrected chi connectivity index (χ1v) is 8.55. The topological polar surface area (TPSA) is 124 Å². The van der Waals surface area contributed by atoms with Gasteiger partial charge in [0.1, 0.15) is 11.4 Å². The summed E-state index contributed by atoms with van der Waals surface area (Å²) in [5.74, 6) is -1.73. The van der Waals surface area contributed by atoms with Crippen LogP contribution in [-0.4, -0.2) is 39.5 Å². The summed E-state index contributed by atoms with van der Waals surface area (Å²) >= 11 is 0. The molecular formula is C18H19N5O5. The Bertz CT molecular complexity index is 1020. The zero-order valence-electron chi connectivity index (χ0n) is 15.4. The highest BCUT2D eigenvalue weighted by molar-refractivity contribution is 6.37. The van der Waals surface area contributed by atoms with Crippen LogP contribution in [0.25, 0.3) is 5.69 Å². The summed E-state index contributed by atoms with van der Waals surface area (Å²) in [6.45, 7) is 1.12. The number of rotatable bonds is 5. The first-order valence-electron chi connectivity index (χ1n) is 8.55. The van der Waals surface area contributed by atoms with E-state index in [0.29, 0.717) is 11.4 Å². The van der Waals surface area contributed by atoms with Crippen molar-refractivity contribution < 1.29 is 19.1 Å². The maximum Gasteiger partial charge on any atom is 0.355 e. The number of para-hydroxylation sites is 1. The number of carbonyl (C=O) groups is 3. The molecule has 0 spiro atoms. The number of nitrogens with zero attached hydrogens (tertiary/aromatic N) is 3. The maximum atomic E-state index is 12.7. The van der Waals surface area contributed by atoms with E-state index in [1.165, 1.54) is 4.68 Å². The minimum absolute atomic E-state index is 0.0368. The zero-order chi connectivity index (χ0) is 20.3. The number of hydrogen-bond donors (Lipinski definition) is 2. The van der Waals surface area contributed by atoms with Crippen molar-refractivity contribution in [3.05, 3.63) is 46.4 Å². The van der Waals surface area contributed by atoms with Gasteiger partial charge in [0, 0.05) is 19.9 Å². The minimum Gasteiger partial charge on any atom is -0.451 e. The van der Waals surface area contributed by atoms with Crippen LogP contribution in [0.4, 0.5) is 5.69 Å². The lowest BCUT2D eigenvalue weighted by molar-refractivity contribution is -0.140. The third kappa shape index (κ3) is 3.85. The third-order valence-electron chi connectivity index (χ3n) is 4.29. The van der Waals surface area contributed by atoms with Gasteiger partial charge in [0.05, 0.1) is 11.4 Å². The maximum absolute atomic E-state index is 12.7. The molecule has 0 bridgehead atoms. The molecule has 2 aromatic rings. The van der Waals surface area contributed by atoms with Gasteiger partial charge in [-0.2, -0.15) is 5.10 Å². The van der Waals surface area contributed by atoms with Crippen molar-refractivity contribution in [1.82, 2.24) is 14.8 Å². The van der Waals surface area contributed by atoms with E-state index in [-0.39, 0.29) is 30.1 Å². The smallest absolute Gasteiger partial charge is 0.355 e. The van der Waals surface area contributed by atoms with Crippen LogP contribution in [-0.2, 0) is 26.2 Å². The molecule has 2 N–H and O–H groups in total. The molecule has 10 nitrogen and oxygen atoms in total. The van der Waals surface area contributed by atoms with Crippen LogP contribution >= 0.6 is 0 Å². The van der Waals surface area contributed by atoms with Crippen LogP contribution in [0.5, 0.6) is 0 Å². The Hall–Kier alpha value is -3.69. The molecular weight excluding hydrogens is 366 g/mol. The average Bonchev–Trinajstić information content (AvgIpc) is 2.90. The molecule has 10 heteroatoms. The number of ether oxygens (including phenoxy) is 1. The first kappa shape index (κ1) is 19.1. The van der Waals surface area contributed by atoms with Crippen LogP contribution in [0, 0.1) is 6.92 Å². The molecule has 1 aromatic carbocycles. The quantitative estimate of drug-likeness (QED) is 0.713. The second-order valence-electron chi connectivity index (χ2n) is 6.15. The van der Waals surface area contributed by atoms with Crippen LogP contribution < -0.4 is 16.3 Å². The Morgan fingerprint density at radius 3 is 2.57 bits per heavy atom. The first-order chi connectivity index (χ1) is 13.4. The molecule has 28 heavy (non-hydrogen) atoms. The van der Waals surface area contributed by atoms with Crippen LogP contribution in [0.1, 0.15) is 18.5 Å². The van der Waals surface area contributed by atoms with Crippen molar-refractivity contribution in [3.8, 4) is 5.69 Å². The molecule has 1 aliphatic rings. The molecule has 2 amide bonds. The number of benzene rings is 1. The zero-order valence-corrected chi connectivity index (χ0v) is 15.4. The van der Waals surface area contributed by atoms with Crippen LogP contribution in [0.2, 0.25) is 0 Å². The number of amides is 2. The number of esters is 1. The normalized spacial score (nSPS) is 13.5. The molecule has 3 rings (SSSR count). The van der Waals surface area contributed by atoms with Gasteiger partial charge in [-0.1, -0.05) is 18.2 Å². The number of carbonyl (C=O) groups excluding carboxylic acids is 3. The fourth-order valence-corrected chi connectivity index (χ4v) is 2.72. The van der Waals surface area contributed by atoms with Crippen molar-refractivity contribution in [2.75, 3.05) is 11.9 Å². The lowest BCUT2D eigenvalue weighted by Gasteiger charge is -2.11. The summed E-state index contributed by atoms with van der Waals surface area (Å²) in [5, 5.41) is 6.10. The largest absolute Gasteiger partial charge is 0.451 e. The predicted octanol–water partition coefficient (Wildman–Crippen LogP) is 0.232. The molecule has 1 aromatic heterocycles. The molecule has 0 aliphatic carbocycles. The van der Waals surface area contributed by atoms with Gasteiger partial charge in [0.25, 0.3) is 11.5 Å². The minimum atomic E-state index is -0.790. The highest BCUT2D eigenvalue weighted by atomic mass is 16.5. The van der Waals surface area contributed by atoms with Crippen molar-refractivity contribution >= 4 is 29.2 Å². The molecule has 0 atom stereocenters. The Kier molecular flexibility index (Phi) is 5.39.